The van der Waals surface area contributed by atoms with E-state index in [9.17, 15) is 20.1 Å². The van der Waals surface area contributed by atoms with Crippen LogP contribution in [0.4, 0.5) is 0 Å². The standard InChI is InChI=1S/C22H42O5/c1-5-6-10-14-19(24)20(25)17-16-18(23)13-11-8-7-9-12-15-21(26)27-22(2,3)4/h16-20,23-25H,5-15H2,1-4H3/t18-,19+,20+/m0/s1. The molecule has 0 unspecified atom stereocenters. The first-order valence-corrected chi connectivity index (χ1v) is 10.6. The zero-order valence-corrected chi connectivity index (χ0v) is 17.8. The maximum absolute atomic E-state index is 11.6. The molecule has 0 spiro atoms. The summed E-state index contributed by atoms with van der Waals surface area (Å²) in [7, 11) is 0. The van der Waals surface area contributed by atoms with E-state index in [0.29, 0.717) is 19.3 Å². The Labute approximate surface area is 165 Å². The number of rotatable bonds is 15. The highest BCUT2D eigenvalue weighted by molar-refractivity contribution is 5.69. The van der Waals surface area contributed by atoms with Gasteiger partial charge in [-0.25, -0.2) is 0 Å². The molecule has 0 aliphatic carbocycles. The van der Waals surface area contributed by atoms with E-state index in [1.807, 2.05) is 20.8 Å². The van der Waals surface area contributed by atoms with Crippen molar-refractivity contribution in [3.8, 4) is 0 Å². The van der Waals surface area contributed by atoms with E-state index in [0.717, 1.165) is 51.4 Å². The Kier molecular flexibility index (Phi) is 14.6. The predicted octanol–water partition coefficient (Wildman–Crippen LogP) is 4.28. The van der Waals surface area contributed by atoms with Gasteiger partial charge < -0.3 is 20.1 Å². The molecule has 5 nitrogen and oxygen atoms in total. The summed E-state index contributed by atoms with van der Waals surface area (Å²) in [5.41, 5.74) is -0.417. The van der Waals surface area contributed by atoms with Gasteiger partial charge in [0.2, 0.25) is 0 Å². The number of carbonyl (C=O) groups is 1. The summed E-state index contributed by atoms with van der Waals surface area (Å²) in [4.78, 5) is 11.6. The Bertz CT molecular complexity index is 400. The molecule has 0 rings (SSSR count). The fourth-order valence-electron chi connectivity index (χ4n) is 2.79. The third-order valence-corrected chi connectivity index (χ3v) is 4.33. The number of carbonyl (C=O) groups excluding carboxylic acids is 1. The molecule has 0 bridgehead atoms. The molecule has 0 saturated heterocycles. The Morgan fingerprint density at radius 3 is 2.11 bits per heavy atom. The van der Waals surface area contributed by atoms with Gasteiger partial charge in [0.05, 0.1) is 18.3 Å². The van der Waals surface area contributed by atoms with Crippen LogP contribution in [0.3, 0.4) is 0 Å². The van der Waals surface area contributed by atoms with Gasteiger partial charge in [0.15, 0.2) is 0 Å². The van der Waals surface area contributed by atoms with E-state index in [1.54, 1.807) is 6.08 Å². The van der Waals surface area contributed by atoms with Gasteiger partial charge in [0, 0.05) is 6.42 Å². The minimum atomic E-state index is -0.913. The van der Waals surface area contributed by atoms with Crippen LogP contribution in [0.25, 0.3) is 0 Å². The molecule has 0 amide bonds. The van der Waals surface area contributed by atoms with Crippen LogP contribution in [0.1, 0.15) is 98.3 Å². The number of hydrogen-bond acceptors (Lipinski definition) is 5. The summed E-state index contributed by atoms with van der Waals surface area (Å²) in [5.74, 6) is -0.140. The summed E-state index contributed by atoms with van der Waals surface area (Å²) in [6, 6.07) is 0. The Balaban J connectivity index is 3.70. The minimum absolute atomic E-state index is 0.140. The zero-order valence-electron chi connectivity index (χ0n) is 17.8. The van der Waals surface area contributed by atoms with Crippen LogP contribution < -0.4 is 0 Å². The molecule has 0 heterocycles. The summed E-state index contributed by atoms with van der Waals surface area (Å²) in [5, 5.41) is 29.6. The molecule has 0 saturated carbocycles. The highest BCUT2D eigenvalue weighted by Gasteiger charge is 2.15. The van der Waals surface area contributed by atoms with E-state index < -0.39 is 23.9 Å². The Morgan fingerprint density at radius 1 is 0.889 bits per heavy atom. The lowest BCUT2D eigenvalue weighted by atomic mass is 10.0. The Morgan fingerprint density at radius 2 is 1.48 bits per heavy atom. The second kappa shape index (κ2) is 15.1. The number of ether oxygens (including phenoxy) is 1. The van der Waals surface area contributed by atoms with Crippen molar-refractivity contribution in [1.29, 1.82) is 0 Å². The van der Waals surface area contributed by atoms with Gasteiger partial charge in [-0.1, -0.05) is 64.0 Å². The molecule has 27 heavy (non-hydrogen) atoms. The first-order chi connectivity index (χ1) is 12.7. The lowest BCUT2D eigenvalue weighted by Gasteiger charge is -2.19. The lowest BCUT2D eigenvalue weighted by molar-refractivity contribution is -0.154. The van der Waals surface area contributed by atoms with Crippen LogP contribution in [0.5, 0.6) is 0 Å². The minimum Gasteiger partial charge on any atom is -0.460 e. The van der Waals surface area contributed by atoms with Gasteiger partial charge in [0.25, 0.3) is 0 Å². The molecule has 0 aromatic heterocycles. The highest BCUT2D eigenvalue weighted by atomic mass is 16.6. The van der Waals surface area contributed by atoms with Crippen molar-refractivity contribution in [2.45, 2.75) is 122 Å². The maximum atomic E-state index is 11.6. The normalized spacial score (nSPS) is 15.7. The van der Waals surface area contributed by atoms with Crippen LogP contribution >= 0.6 is 0 Å². The number of unbranched alkanes of at least 4 members (excludes halogenated alkanes) is 6. The molecule has 160 valence electrons. The highest BCUT2D eigenvalue weighted by Crippen LogP contribution is 2.13. The smallest absolute Gasteiger partial charge is 0.306 e. The molecule has 0 aromatic carbocycles. The molecular weight excluding hydrogens is 344 g/mol. The molecule has 0 aliphatic rings. The number of hydrogen-bond donors (Lipinski definition) is 3. The number of aliphatic hydroxyl groups excluding tert-OH is 3. The summed E-state index contributed by atoms with van der Waals surface area (Å²) >= 11 is 0. The van der Waals surface area contributed by atoms with Gasteiger partial charge in [-0.3, -0.25) is 4.79 Å². The van der Waals surface area contributed by atoms with E-state index >= 15 is 0 Å². The summed E-state index contributed by atoms with van der Waals surface area (Å²) in [6.07, 6.45) is 10.3. The van der Waals surface area contributed by atoms with E-state index in [-0.39, 0.29) is 5.97 Å². The SMILES string of the molecule is CCCCC[C@@H](O)[C@H](O)C=C[C@@H](O)CCCCCCCC(=O)OC(C)(C)C. The second-order valence-electron chi connectivity index (χ2n) is 8.40. The van der Waals surface area contributed by atoms with Crippen molar-refractivity contribution in [2.75, 3.05) is 0 Å². The predicted molar refractivity (Wildman–Crippen MR) is 109 cm³/mol. The number of aliphatic hydroxyl groups is 3. The van der Waals surface area contributed by atoms with Crippen LogP contribution in [0.15, 0.2) is 12.2 Å². The number of esters is 1. The first-order valence-electron chi connectivity index (χ1n) is 10.6. The zero-order chi connectivity index (χ0) is 20.7. The fraction of sp³-hybridized carbons (Fsp3) is 0.864. The van der Waals surface area contributed by atoms with E-state index in [1.165, 1.54) is 6.08 Å². The van der Waals surface area contributed by atoms with Crippen molar-refractivity contribution in [2.24, 2.45) is 0 Å². The lowest BCUT2D eigenvalue weighted by Crippen LogP contribution is -2.24. The second-order valence-corrected chi connectivity index (χ2v) is 8.40. The van der Waals surface area contributed by atoms with Gasteiger partial charge in [-0.15, -0.1) is 0 Å². The molecule has 0 aromatic rings. The third kappa shape index (κ3) is 17.0. The topological polar surface area (TPSA) is 87.0 Å². The molecule has 0 fully saturated rings. The van der Waals surface area contributed by atoms with Gasteiger partial charge in [-0.05, 0) is 40.0 Å². The van der Waals surface area contributed by atoms with Crippen molar-refractivity contribution in [1.82, 2.24) is 0 Å². The van der Waals surface area contributed by atoms with Gasteiger partial charge >= 0.3 is 5.97 Å². The quantitative estimate of drug-likeness (QED) is 0.222. The first kappa shape index (κ1) is 26.1. The fourth-order valence-corrected chi connectivity index (χ4v) is 2.79. The van der Waals surface area contributed by atoms with Crippen LogP contribution in [-0.2, 0) is 9.53 Å². The van der Waals surface area contributed by atoms with Gasteiger partial charge in [0.1, 0.15) is 5.60 Å². The van der Waals surface area contributed by atoms with Crippen molar-refractivity contribution < 1.29 is 24.9 Å². The maximum Gasteiger partial charge on any atom is 0.306 e. The van der Waals surface area contributed by atoms with Gasteiger partial charge in [-0.2, -0.15) is 0 Å². The molecule has 5 heteroatoms. The van der Waals surface area contributed by atoms with Crippen molar-refractivity contribution in [3.63, 3.8) is 0 Å². The molecule has 3 atom stereocenters. The average molecular weight is 387 g/mol. The molecule has 3 N–H and O–H groups in total. The van der Waals surface area contributed by atoms with Crippen molar-refractivity contribution in [3.05, 3.63) is 12.2 Å². The van der Waals surface area contributed by atoms with Crippen molar-refractivity contribution >= 4 is 5.97 Å². The van der Waals surface area contributed by atoms with E-state index in [4.69, 9.17) is 4.74 Å². The summed E-state index contributed by atoms with van der Waals surface area (Å²) in [6.45, 7) is 7.71. The van der Waals surface area contributed by atoms with Crippen LogP contribution in [0, 0.1) is 0 Å². The van der Waals surface area contributed by atoms with Crippen LogP contribution in [0.2, 0.25) is 0 Å². The van der Waals surface area contributed by atoms with E-state index in [2.05, 4.69) is 6.92 Å². The average Bonchev–Trinajstić information content (AvgIpc) is 2.57. The molecule has 0 radical (unpaired) electrons. The molecule has 0 aliphatic heterocycles. The third-order valence-electron chi connectivity index (χ3n) is 4.33. The summed E-state index contributed by atoms with van der Waals surface area (Å²) < 4.78 is 5.27. The largest absolute Gasteiger partial charge is 0.460 e. The Hall–Kier alpha value is -0.910. The molecular formula is C22H42O5. The van der Waals surface area contributed by atoms with Crippen LogP contribution in [-0.4, -0.2) is 45.2 Å². The monoisotopic (exact) mass is 386 g/mol.